The molecule has 0 bridgehead atoms. The van der Waals surface area contributed by atoms with Crippen molar-refractivity contribution in [3.63, 3.8) is 0 Å². The lowest BCUT2D eigenvalue weighted by molar-refractivity contribution is 0.118. The third-order valence-corrected chi connectivity index (χ3v) is 2.76. The third kappa shape index (κ3) is 3.25. The zero-order chi connectivity index (χ0) is 9.68. The maximum Gasteiger partial charge on any atom is 0.407 e. The number of carbonyl (C=O) groups is 1. The van der Waals surface area contributed by atoms with E-state index in [9.17, 15) is 4.79 Å². The molecule has 1 atom stereocenters. The second-order valence-corrected chi connectivity index (χ2v) is 3.88. The topological polar surface area (TPSA) is 40.5 Å². The molecule has 1 amide bonds. The number of rotatable bonds is 3. The summed E-state index contributed by atoms with van der Waals surface area (Å²) in [7, 11) is 0. The van der Waals surface area contributed by atoms with Crippen molar-refractivity contribution in [2.75, 3.05) is 13.1 Å². The Morgan fingerprint density at radius 2 is 2.38 bits per heavy atom. The molecule has 1 rings (SSSR count). The molecule has 0 saturated carbocycles. The van der Waals surface area contributed by atoms with Crippen LogP contribution in [0.3, 0.4) is 0 Å². The fraction of sp³-hybridized carbons (Fsp3) is 0.900. The minimum Gasteiger partial charge on any atom is -0.465 e. The minimum absolute atomic E-state index is 0.616. The van der Waals surface area contributed by atoms with Gasteiger partial charge in [-0.1, -0.05) is 19.8 Å². The van der Waals surface area contributed by atoms with Crippen LogP contribution in [0.2, 0.25) is 0 Å². The fourth-order valence-electron chi connectivity index (χ4n) is 1.97. The van der Waals surface area contributed by atoms with Gasteiger partial charge in [0.05, 0.1) is 0 Å². The van der Waals surface area contributed by atoms with Crippen LogP contribution in [0.25, 0.3) is 0 Å². The van der Waals surface area contributed by atoms with Crippen LogP contribution in [0.4, 0.5) is 4.79 Å². The number of amides is 1. The van der Waals surface area contributed by atoms with Crippen molar-refractivity contribution in [3.8, 4) is 0 Å². The third-order valence-electron chi connectivity index (χ3n) is 2.76. The molecule has 1 heterocycles. The van der Waals surface area contributed by atoms with Crippen LogP contribution in [0.1, 0.15) is 39.0 Å². The normalized spacial score (nSPS) is 23.2. The van der Waals surface area contributed by atoms with Gasteiger partial charge in [0.15, 0.2) is 0 Å². The van der Waals surface area contributed by atoms with Gasteiger partial charge in [-0.25, -0.2) is 4.79 Å². The molecule has 0 spiro atoms. The number of unbranched alkanes of at least 4 members (excludes halogenated alkanes) is 1. The van der Waals surface area contributed by atoms with Crippen LogP contribution in [0.5, 0.6) is 0 Å². The first-order chi connectivity index (χ1) is 6.24. The summed E-state index contributed by atoms with van der Waals surface area (Å²) in [4.78, 5) is 12.3. The zero-order valence-electron chi connectivity index (χ0n) is 8.33. The van der Waals surface area contributed by atoms with Gasteiger partial charge in [-0.3, -0.25) is 0 Å². The van der Waals surface area contributed by atoms with E-state index in [-0.39, 0.29) is 0 Å². The van der Waals surface area contributed by atoms with Gasteiger partial charge in [-0.2, -0.15) is 0 Å². The first-order valence-corrected chi connectivity index (χ1v) is 5.22. The van der Waals surface area contributed by atoms with Crippen LogP contribution in [-0.4, -0.2) is 29.2 Å². The van der Waals surface area contributed by atoms with E-state index in [1.54, 1.807) is 4.90 Å². The molecule has 13 heavy (non-hydrogen) atoms. The Hall–Kier alpha value is -0.730. The van der Waals surface area contributed by atoms with E-state index in [0.29, 0.717) is 5.92 Å². The molecule has 1 aliphatic rings. The van der Waals surface area contributed by atoms with Crippen molar-refractivity contribution in [1.82, 2.24) is 4.90 Å². The Labute approximate surface area is 79.7 Å². The van der Waals surface area contributed by atoms with Crippen LogP contribution in [0.15, 0.2) is 0 Å². The number of hydrogen-bond acceptors (Lipinski definition) is 1. The predicted octanol–water partition coefficient (Wildman–Crippen LogP) is 2.57. The zero-order valence-corrected chi connectivity index (χ0v) is 8.33. The lowest BCUT2D eigenvalue weighted by atomic mass is 9.93. The summed E-state index contributed by atoms with van der Waals surface area (Å²) in [5.41, 5.74) is 0. The molecular weight excluding hydrogens is 166 g/mol. The summed E-state index contributed by atoms with van der Waals surface area (Å²) in [6.45, 7) is 3.67. The molecule has 1 saturated heterocycles. The molecule has 3 nitrogen and oxygen atoms in total. The monoisotopic (exact) mass is 185 g/mol. The van der Waals surface area contributed by atoms with Gasteiger partial charge in [0.2, 0.25) is 0 Å². The van der Waals surface area contributed by atoms with Crippen LogP contribution in [0, 0.1) is 5.92 Å². The highest BCUT2D eigenvalue weighted by atomic mass is 16.4. The molecule has 3 heteroatoms. The van der Waals surface area contributed by atoms with Gasteiger partial charge < -0.3 is 10.0 Å². The number of hydrogen-bond donors (Lipinski definition) is 1. The number of piperidine rings is 1. The average Bonchev–Trinajstić information content (AvgIpc) is 2.15. The average molecular weight is 185 g/mol. The first-order valence-electron chi connectivity index (χ1n) is 5.22. The van der Waals surface area contributed by atoms with Crippen molar-refractivity contribution in [2.24, 2.45) is 5.92 Å². The highest BCUT2D eigenvalue weighted by Crippen LogP contribution is 2.21. The van der Waals surface area contributed by atoms with Gasteiger partial charge in [-0.05, 0) is 25.2 Å². The lowest BCUT2D eigenvalue weighted by Crippen LogP contribution is -2.38. The minimum atomic E-state index is -0.749. The molecule has 0 radical (unpaired) electrons. The van der Waals surface area contributed by atoms with E-state index in [0.717, 1.165) is 19.5 Å². The van der Waals surface area contributed by atoms with Gasteiger partial charge >= 0.3 is 6.09 Å². The molecule has 0 aromatic rings. The van der Waals surface area contributed by atoms with E-state index in [2.05, 4.69) is 6.92 Å². The largest absolute Gasteiger partial charge is 0.465 e. The van der Waals surface area contributed by atoms with Crippen molar-refractivity contribution < 1.29 is 9.90 Å². The molecular formula is C10H19NO2. The molecule has 0 aromatic heterocycles. The lowest BCUT2D eigenvalue weighted by Gasteiger charge is -2.30. The van der Waals surface area contributed by atoms with E-state index in [4.69, 9.17) is 5.11 Å². The van der Waals surface area contributed by atoms with E-state index < -0.39 is 6.09 Å². The second kappa shape index (κ2) is 5.10. The van der Waals surface area contributed by atoms with E-state index >= 15 is 0 Å². The Balaban J connectivity index is 2.29. The Morgan fingerprint density at radius 3 is 3.00 bits per heavy atom. The SMILES string of the molecule is CCCCC1CCCN(C(=O)O)C1. The summed E-state index contributed by atoms with van der Waals surface area (Å²) in [5, 5.41) is 8.81. The summed E-state index contributed by atoms with van der Waals surface area (Å²) >= 11 is 0. The molecule has 1 N–H and O–H groups in total. The highest BCUT2D eigenvalue weighted by Gasteiger charge is 2.22. The molecule has 0 aromatic carbocycles. The van der Waals surface area contributed by atoms with E-state index in [1.165, 1.54) is 25.7 Å². The molecule has 1 aliphatic heterocycles. The predicted molar refractivity (Wildman–Crippen MR) is 51.8 cm³/mol. The van der Waals surface area contributed by atoms with Crippen molar-refractivity contribution in [1.29, 1.82) is 0 Å². The standard InChI is InChI=1S/C10H19NO2/c1-2-3-5-9-6-4-7-11(8-9)10(12)13/h9H,2-8H2,1H3,(H,12,13). The van der Waals surface area contributed by atoms with E-state index in [1.807, 2.05) is 0 Å². The smallest absolute Gasteiger partial charge is 0.407 e. The van der Waals surface area contributed by atoms with Crippen LogP contribution in [-0.2, 0) is 0 Å². The van der Waals surface area contributed by atoms with Gasteiger partial charge in [0, 0.05) is 13.1 Å². The second-order valence-electron chi connectivity index (χ2n) is 3.88. The number of nitrogens with zero attached hydrogens (tertiary/aromatic N) is 1. The summed E-state index contributed by atoms with van der Waals surface area (Å²) in [5.74, 6) is 0.616. The summed E-state index contributed by atoms with van der Waals surface area (Å²) in [6.07, 6.45) is 5.15. The fourth-order valence-corrected chi connectivity index (χ4v) is 1.97. The van der Waals surface area contributed by atoms with Crippen LogP contribution >= 0.6 is 0 Å². The molecule has 0 aliphatic carbocycles. The van der Waals surface area contributed by atoms with Gasteiger partial charge in [-0.15, -0.1) is 0 Å². The first kappa shape index (κ1) is 10.4. The Bertz CT molecular complexity index is 170. The Morgan fingerprint density at radius 1 is 1.62 bits per heavy atom. The van der Waals surface area contributed by atoms with Crippen molar-refractivity contribution >= 4 is 6.09 Å². The van der Waals surface area contributed by atoms with Crippen LogP contribution < -0.4 is 0 Å². The molecule has 1 unspecified atom stereocenters. The maximum atomic E-state index is 10.7. The van der Waals surface area contributed by atoms with Crippen molar-refractivity contribution in [3.05, 3.63) is 0 Å². The van der Waals surface area contributed by atoms with Crippen molar-refractivity contribution in [2.45, 2.75) is 39.0 Å². The molecule has 1 fully saturated rings. The highest BCUT2D eigenvalue weighted by molar-refractivity contribution is 5.65. The number of carboxylic acid groups (broad SMARTS) is 1. The molecule has 76 valence electrons. The van der Waals surface area contributed by atoms with Gasteiger partial charge in [0.1, 0.15) is 0 Å². The summed E-state index contributed by atoms with van der Waals surface area (Å²) < 4.78 is 0. The van der Waals surface area contributed by atoms with Gasteiger partial charge in [0.25, 0.3) is 0 Å². The Kier molecular flexibility index (Phi) is 4.06. The number of likely N-dealkylation sites (tertiary alicyclic amines) is 1. The maximum absolute atomic E-state index is 10.7. The quantitative estimate of drug-likeness (QED) is 0.734. The summed E-state index contributed by atoms with van der Waals surface area (Å²) in [6, 6.07) is 0.